The molecule has 1 saturated heterocycles. The zero-order valence-corrected chi connectivity index (χ0v) is 23.7. The first-order valence-corrected chi connectivity index (χ1v) is 13.6. The molecule has 3 rings (SSSR count). The molecule has 0 radical (unpaired) electrons. The Balaban J connectivity index is 1.83. The Morgan fingerprint density at radius 1 is 1.08 bits per heavy atom. The van der Waals surface area contributed by atoms with E-state index in [4.69, 9.17) is 0 Å². The number of carbonyl (C=O) groups is 5. The van der Waals surface area contributed by atoms with Crippen LogP contribution in [-0.2, 0) is 26.2 Å². The summed E-state index contributed by atoms with van der Waals surface area (Å²) in [5.41, 5.74) is 0.624. The molecule has 1 aromatic carbocycles. The Morgan fingerprint density at radius 2 is 1.77 bits per heavy atom. The number of piperidine rings is 1. The molecule has 1 unspecified atom stereocenters. The minimum Gasteiger partial charge on any atom is -0.356 e. The zero-order valence-electron chi connectivity index (χ0n) is 23.7. The molecule has 10 nitrogen and oxygen atoms in total. The van der Waals surface area contributed by atoms with Crippen LogP contribution in [-0.4, -0.2) is 58.1 Å². The number of nitrogens with one attached hydrogen (secondary N) is 4. The van der Waals surface area contributed by atoms with E-state index in [9.17, 15) is 24.0 Å². The summed E-state index contributed by atoms with van der Waals surface area (Å²) in [7, 11) is 1.78. The van der Waals surface area contributed by atoms with Gasteiger partial charge in [0.1, 0.15) is 11.7 Å². The number of aromatic nitrogens is 1. The van der Waals surface area contributed by atoms with E-state index in [0.29, 0.717) is 25.1 Å². The van der Waals surface area contributed by atoms with E-state index in [1.54, 1.807) is 38.5 Å². The third-order valence-electron chi connectivity index (χ3n) is 6.78. The van der Waals surface area contributed by atoms with Crippen LogP contribution < -0.4 is 21.3 Å². The van der Waals surface area contributed by atoms with E-state index >= 15 is 0 Å². The Morgan fingerprint density at radius 3 is 2.38 bits per heavy atom. The first-order valence-electron chi connectivity index (χ1n) is 13.6. The number of nitrogens with zero attached hydrogens (tertiary/aromatic N) is 1. The van der Waals surface area contributed by atoms with Crippen LogP contribution in [0.15, 0.2) is 30.3 Å². The first kappa shape index (κ1) is 29.9. The molecule has 0 aliphatic carbocycles. The number of aryl methyl sites for hydroxylation is 1. The molecule has 10 heteroatoms. The second-order valence-corrected chi connectivity index (χ2v) is 11.8. The quantitative estimate of drug-likeness (QED) is 0.343. The first-order chi connectivity index (χ1) is 18.3. The molecule has 39 heavy (non-hydrogen) atoms. The molecule has 0 saturated carbocycles. The number of rotatable bonds is 10. The van der Waals surface area contributed by atoms with Gasteiger partial charge in [-0.15, -0.1) is 0 Å². The summed E-state index contributed by atoms with van der Waals surface area (Å²) >= 11 is 0. The topological polar surface area (TPSA) is 138 Å². The van der Waals surface area contributed by atoms with Crippen LogP contribution >= 0.6 is 0 Å². The number of carbonyl (C=O) groups excluding carboxylic acids is 5. The summed E-state index contributed by atoms with van der Waals surface area (Å²) in [5, 5.41) is 11.9. The number of para-hydroxylation sites is 1. The standard InChI is InChI=1S/C29H41N5O5/c1-17(2)14-21(32-27(38)23-16-18-10-7-8-12-22(18)34(23)6)26(37)31-20(15-19-11-9-13-30-25(19)36)24(35)28(39)33-29(3,4)5/h7-8,10,12,16-17,19-21H,9,11,13-15H2,1-6H3,(H,30,36)(H,31,37)(H,32,38)(H,33,39)/t19-,20?,21-/m0/s1. The minimum absolute atomic E-state index is 0.000482. The van der Waals surface area contributed by atoms with E-state index in [1.165, 1.54) is 0 Å². The van der Waals surface area contributed by atoms with Gasteiger partial charge >= 0.3 is 0 Å². The molecule has 4 N–H and O–H groups in total. The van der Waals surface area contributed by atoms with Gasteiger partial charge in [-0.3, -0.25) is 24.0 Å². The summed E-state index contributed by atoms with van der Waals surface area (Å²) in [6.07, 6.45) is 1.62. The maximum atomic E-state index is 13.5. The minimum atomic E-state index is -1.21. The van der Waals surface area contributed by atoms with Crippen LogP contribution in [0.25, 0.3) is 10.9 Å². The van der Waals surface area contributed by atoms with Crippen LogP contribution in [0.4, 0.5) is 0 Å². The molecule has 4 amide bonds. The van der Waals surface area contributed by atoms with E-state index in [2.05, 4.69) is 21.3 Å². The van der Waals surface area contributed by atoms with E-state index < -0.39 is 47.0 Å². The van der Waals surface area contributed by atoms with Crippen molar-refractivity contribution in [2.24, 2.45) is 18.9 Å². The molecule has 2 heterocycles. The summed E-state index contributed by atoms with van der Waals surface area (Å²) in [6, 6.07) is 7.20. The van der Waals surface area contributed by atoms with E-state index in [-0.39, 0.29) is 18.2 Å². The second kappa shape index (κ2) is 12.4. The largest absolute Gasteiger partial charge is 0.356 e. The summed E-state index contributed by atoms with van der Waals surface area (Å²) in [6.45, 7) is 9.66. The maximum Gasteiger partial charge on any atom is 0.290 e. The molecule has 212 valence electrons. The summed E-state index contributed by atoms with van der Waals surface area (Å²) in [5.74, 6) is -3.31. The number of benzene rings is 1. The lowest BCUT2D eigenvalue weighted by Crippen LogP contribution is -2.56. The lowest BCUT2D eigenvalue weighted by atomic mass is 9.89. The SMILES string of the molecule is CC(C)C[C@H](NC(=O)c1cc2ccccc2n1C)C(=O)NC(C[C@@H]1CCCNC1=O)C(=O)C(=O)NC(C)(C)C. The zero-order chi connectivity index (χ0) is 28.9. The molecule has 1 aromatic heterocycles. The second-order valence-electron chi connectivity index (χ2n) is 11.8. The average molecular weight is 540 g/mol. The van der Waals surface area contributed by atoms with Crippen molar-refractivity contribution in [3.05, 3.63) is 36.0 Å². The van der Waals surface area contributed by atoms with E-state index in [1.807, 2.05) is 38.1 Å². The van der Waals surface area contributed by atoms with Gasteiger partial charge in [0.15, 0.2) is 0 Å². The predicted octanol–water partition coefficient (Wildman–Crippen LogP) is 2.21. The molecule has 2 aromatic rings. The van der Waals surface area contributed by atoms with Crippen molar-refractivity contribution >= 4 is 40.3 Å². The number of Topliss-reactive ketones (excluding diaryl/α,β-unsaturated/α-hetero) is 1. The van der Waals surface area contributed by atoms with Crippen LogP contribution in [0.5, 0.6) is 0 Å². The Bertz CT molecular complexity index is 1240. The Kier molecular flexibility index (Phi) is 9.53. The highest BCUT2D eigenvalue weighted by Crippen LogP contribution is 2.20. The van der Waals surface area contributed by atoms with E-state index in [0.717, 1.165) is 17.3 Å². The number of ketones is 1. The third-order valence-corrected chi connectivity index (χ3v) is 6.78. The molecule has 1 fully saturated rings. The average Bonchev–Trinajstić information content (AvgIpc) is 3.19. The van der Waals surface area contributed by atoms with Gasteiger partial charge in [0.25, 0.3) is 11.8 Å². The predicted molar refractivity (Wildman–Crippen MR) is 149 cm³/mol. The number of hydrogen-bond donors (Lipinski definition) is 4. The van der Waals surface area contributed by atoms with Crippen molar-refractivity contribution in [1.82, 2.24) is 25.8 Å². The van der Waals surface area contributed by atoms with Crippen molar-refractivity contribution in [2.75, 3.05) is 6.54 Å². The third kappa shape index (κ3) is 7.91. The smallest absolute Gasteiger partial charge is 0.290 e. The monoisotopic (exact) mass is 539 g/mol. The fourth-order valence-electron chi connectivity index (χ4n) is 4.85. The lowest BCUT2D eigenvalue weighted by Gasteiger charge is -2.28. The molecule has 0 spiro atoms. The van der Waals surface area contributed by atoms with Crippen molar-refractivity contribution in [1.29, 1.82) is 0 Å². The Hall–Kier alpha value is -3.69. The van der Waals surface area contributed by atoms with Gasteiger partial charge in [-0.2, -0.15) is 0 Å². The van der Waals surface area contributed by atoms with Crippen molar-refractivity contribution in [3.63, 3.8) is 0 Å². The lowest BCUT2D eigenvalue weighted by molar-refractivity contribution is -0.142. The molecule has 0 bridgehead atoms. The molecular weight excluding hydrogens is 498 g/mol. The fourth-order valence-corrected chi connectivity index (χ4v) is 4.85. The summed E-state index contributed by atoms with van der Waals surface area (Å²) in [4.78, 5) is 65.2. The Labute approximate surface area is 229 Å². The molecular formula is C29H41N5O5. The van der Waals surface area contributed by atoms with Crippen LogP contribution in [0.3, 0.4) is 0 Å². The van der Waals surface area contributed by atoms with Crippen LogP contribution in [0.1, 0.15) is 70.8 Å². The van der Waals surface area contributed by atoms with Gasteiger partial charge in [0.05, 0.1) is 6.04 Å². The van der Waals surface area contributed by atoms with Gasteiger partial charge in [0, 0.05) is 36.0 Å². The highest BCUT2D eigenvalue weighted by atomic mass is 16.2. The van der Waals surface area contributed by atoms with Crippen molar-refractivity contribution in [2.45, 2.75) is 77.9 Å². The van der Waals surface area contributed by atoms with Gasteiger partial charge in [-0.1, -0.05) is 32.0 Å². The van der Waals surface area contributed by atoms with Crippen LogP contribution in [0, 0.1) is 11.8 Å². The summed E-state index contributed by atoms with van der Waals surface area (Å²) < 4.78 is 1.76. The van der Waals surface area contributed by atoms with Gasteiger partial charge in [-0.05, 0) is 64.5 Å². The van der Waals surface area contributed by atoms with Crippen molar-refractivity contribution < 1.29 is 24.0 Å². The molecule has 1 aliphatic heterocycles. The molecule has 3 atom stereocenters. The van der Waals surface area contributed by atoms with Gasteiger partial charge < -0.3 is 25.8 Å². The highest BCUT2D eigenvalue weighted by molar-refractivity contribution is 6.38. The normalized spacial score (nSPS) is 17.3. The number of hydrogen-bond acceptors (Lipinski definition) is 5. The number of amides is 4. The maximum absolute atomic E-state index is 13.5. The van der Waals surface area contributed by atoms with Gasteiger partial charge in [0.2, 0.25) is 17.6 Å². The fraction of sp³-hybridized carbons (Fsp3) is 0.552. The number of fused-ring (bicyclic) bond motifs is 1. The van der Waals surface area contributed by atoms with Crippen molar-refractivity contribution in [3.8, 4) is 0 Å². The van der Waals surface area contributed by atoms with Crippen LogP contribution in [0.2, 0.25) is 0 Å². The molecule has 1 aliphatic rings. The highest BCUT2D eigenvalue weighted by Gasteiger charge is 2.36. The van der Waals surface area contributed by atoms with Gasteiger partial charge in [-0.25, -0.2) is 0 Å².